The van der Waals surface area contributed by atoms with Gasteiger partial charge in [-0.05, 0) is 33.1 Å². The van der Waals surface area contributed by atoms with Crippen molar-refractivity contribution < 1.29 is 35.6 Å². The van der Waals surface area contributed by atoms with E-state index in [1.807, 2.05) is 0 Å². The van der Waals surface area contributed by atoms with Gasteiger partial charge in [0.15, 0.2) is 9.84 Å². The molecule has 2 rings (SSSR count). The highest BCUT2D eigenvalue weighted by Gasteiger charge is 2.43. The predicted molar refractivity (Wildman–Crippen MR) is 100 cm³/mol. The van der Waals surface area contributed by atoms with Gasteiger partial charge in [0.1, 0.15) is 4.75 Å². The molecule has 7 nitrogen and oxygen atoms in total. The van der Waals surface area contributed by atoms with E-state index in [4.69, 9.17) is 9.26 Å². The van der Waals surface area contributed by atoms with Gasteiger partial charge in [-0.25, -0.2) is 8.42 Å². The monoisotopic (exact) mass is 440 g/mol. The lowest BCUT2D eigenvalue weighted by atomic mass is 9.83. The number of amides is 1. The van der Waals surface area contributed by atoms with Crippen LogP contribution in [0.15, 0.2) is 10.6 Å². The zero-order valence-corrected chi connectivity index (χ0v) is 17.6. The van der Waals surface area contributed by atoms with Crippen LogP contribution in [0, 0.1) is 0 Å². The lowest BCUT2D eigenvalue weighted by Gasteiger charge is -2.25. The van der Waals surface area contributed by atoms with Crippen LogP contribution in [-0.2, 0) is 24.8 Å². The zero-order valence-electron chi connectivity index (χ0n) is 16.8. The molecule has 1 saturated carbocycles. The fraction of sp³-hybridized carbons (Fsp3) is 0.778. The molecule has 1 aromatic heterocycles. The maximum absolute atomic E-state index is 12.6. The third kappa shape index (κ3) is 5.50. The number of nitrogens with zero attached hydrogens (tertiary/aromatic N) is 1. The van der Waals surface area contributed by atoms with Crippen molar-refractivity contribution in [3.05, 3.63) is 11.8 Å². The fourth-order valence-electron chi connectivity index (χ4n) is 3.51. The number of methoxy groups -OCH3 is 1. The van der Waals surface area contributed by atoms with E-state index in [0.29, 0.717) is 12.3 Å². The van der Waals surface area contributed by atoms with Crippen LogP contribution in [-0.4, -0.2) is 49.9 Å². The second-order valence-electron chi connectivity index (χ2n) is 8.00. The number of ether oxygens (including phenoxy) is 1. The lowest BCUT2D eigenvalue weighted by molar-refractivity contribution is -0.134. The third-order valence-electron chi connectivity index (χ3n) is 5.47. The van der Waals surface area contributed by atoms with Crippen LogP contribution in [0.4, 0.5) is 19.1 Å². The molecule has 166 valence electrons. The van der Waals surface area contributed by atoms with Gasteiger partial charge in [-0.1, -0.05) is 18.0 Å². The maximum Gasteiger partial charge on any atom is 0.389 e. The van der Waals surface area contributed by atoms with Gasteiger partial charge in [0.05, 0.1) is 18.1 Å². The second kappa shape index (κ2) is 8.63. The molecule has 0 radical (unpaired) electrons. The number of sulfone groups is 1. The largest absolute Gasteiger partial charge is 0.389 e. The van der Waals surface area contributed by atoms with Crippen molar-refractivity contribution in [3.63, 3.8) is 0 Å². The summed E-state index contributed by atoms with van der Waals surface area (Å²) in [6.45, 7) is 2.77. The quantitative estimate of drug-likeness (QED) is 0.630. The molecule has 1 amide bonds. The Balaban J connectivity index is 2.08. The Morgan fingerprint density at radius 3 is 2.48 bits per heavy atom. The average Bonchev–Trinajstić information content (AvgIpc) is 3.23. The summed E-state index contributed by atoms with van der Waals surface area (Å²) in [5, 5.41) is 6.41. The molecular weight excluding hydrogens is 413 g/mol. The van der Waals surface area contributed by atoms with Crippen molar-refractivity contribution >= 4 is 21.6 Å². The molecule has 1 aliphatic rings. The molecule has 1 fully saturated rings. The highest BCUT2D eigenvalue weighted by atomic mass is 32.2. The number of nitrogens with one attached hydrogen (secondary N) is 1. The minimum absolute atomic E-state index is 0.00838. The van der Waals surface area contributed by atoms with Crippen molar-refractivity contribution in [1.29, 1.82) is 0 Å². The van der Waals surface area contributed by atoms with Crippen LogP contribution in [0.25, 0.3) is 0 Å². The van der Waals surface area contributed by atoms with Crippen molar-refractivity contribution in [1.82, 2.24) is 5.16 Å². The maximum atomic E-state index is 12.6. The Kier molecular flexibility index (Phi) is 7.04. The molecule has 1 N–H and O–H groups in total. The first-order valence-electron chi connectivity index (χ1n) is 9.40. The first-order chi connectivity index (χ1) is 13.3. The van der Waals surface area contributed by atoms with Gasteiger partial charge in [-0.3, -0.25) is 10.1 Å². The molecule has 1 heterocycles. The summed E-state index contributed by atoms with van der Waals surface area (Å²) in [6.07, 6.45) is -2.52. The molecule has 1 aliphatic carbocycles. The summed E-state index contributed by atoms with van der Waals surface area (Å²) in [6, 6.07) is 1.55. The van der Waals surface area contributed by atoms with Crippen LogP contribution in [0.5, 0.6) is 0 Å². The van der Waals surface area contributed by atoms with Gasteiger partial charge >= 0.3 is 6.18 Å². The Bertz CT molecular complexity index is 812. The summed E-state index contributed by atoms with van der Waals surface area (Å²) >= 11 is 0. The summed E-state index contributed by atoms with van der Waals surface area (Å²) in [7, 11) is -2.53. The predicted octanol–water partition coefficient (Wildman–Crippen LogP) is 3.61. The molecule has 0 aliphatic heterocycles. The van der Waals surface area contributed by atoms with Gasteiger partial charge in [-0.15, -0.1) is 0 Å². The van der Waals surface area contributed by atoms with Crippen LogP contribution in [0.2, 0.25) is 0 Å². The highest BCUT2D eigenvalue weighted by Crippen LogP contribution is 2.41. The van der Waals surface area contributed by atoms with E-state index < -0.39 is 45.3 Å². The van der Waals surface area contributed by atoms with Gasteiger partial charge < -0.3 is 9.26 Å². The number of hydrogen-bond donors (Lipinski definition) is 1. The van der Waals surface area contributed by atoms with E-state index in [1.165, 1.54) is 0 Å². The first kappa shape index (κ1) is 23.7. The second-order valence-corrected chi connectivity index (χ2v) is 10.7. The number of anilines is 1. The van der Waals surface area contributed by atoms with E-state index in [1.54, 1.807) is 13.2 Å². The van der Waals surface area contributed by atoms with E-state index >= 15 is 0 Å². The first-order valence-corrected chi connectivity index (χ1v) is 11.0. The topological polar surface area (TPSA) is 98.5 Å². The number of carbonyl (C=O) groups excluding carboxylic acids is 1. The molecule has 1 aromatic rings. The lowest BCUT2D eigenvalue weighted by Crippen LogP contribution is -2.45. The molecular formula is C18H27F3N2O5S. The van der Waals surface area contributed by atoms with E-state index in [9.17, 15) is 26.4 Å². The van der Waals surface area contributed by atoms with Crippen LogP contribution < -0.4 is 5.32 Å². The molecule has 11 heteroatoms. The molecule has 0 unspecified atom stereocenters. The Morgan fingerprint density at radius 1 is 1.31 bits per heavy atom. The van der Waals surface area contributed by atoms with Crippen LogP contribution in [0.3, 0.4) is 0 Å². The standard InChI is InChI=1S/C18H27F3N2O5S/c1-16(2,29(25,26)10-6-9-18(19,20)21)15(24)22-14-11-13(23-28-14)17(12-27-3)7-4-5-8-17/h11H,4-10,12H2,1-3H3,(H,22,24). The normalized spacial score (nSPS) is 17.4. The highest BCUT2D eigenvalue weighted by molar-refractivity contribution is 7.93. The number of halogens is 3. The van der Waals surface area contributed by atoms with Crippen molar-refractivity contribution in [2.24, 2.45) is 0 Å². The van der Waals surface area contributed by atoms with Crippen LogP contribution in [0.1, 0.15) is 58.1 Å². The molecule has 0 saturated heterocycles. The summed E-state index contributed by atoms with van der Waals surface area (Å²) in [5.41, 5.74) is 0.318. The third-order valence-corrected chi connectivity index (χ3v) is 8.04. The SMILES string of the molecule is COCC1(c2cc(NC(=O)C(C)(C)S(=O)(=O)CCCC(F)(F)F)on2)CCCC1. The van der Waals surface area contributed by atoms with Crippen molar-refractivity contribution in [2.75, 3.05) is 24.8 Å². The van der Waals surface area contributed by atoms with Gasteiger partial charge in [0, 0.05) is 25.0 Å². The molecule has 0 atom stereocenters. The minimum atomic E-state index is -4.45. The van der Waals surface area contributed by atoms with Crippen molar-refractivity contribution in [3.8, 4) is 0 Å². The number of hydrogen-bond acceptors (Lipinski definition) is 6. The summed E-state index contributed by atoms with van der Waals surface area (Å²) in [5.74, 6) is -1.64. The summed E-state index contributed by atoms with van der Waals surface area (Å²) < 4.78 is 70.3. The zero-order chi connectivity index (χ0) is 21.9. The van der Waals surface area contributed by atoms with Crippen molar-refractivity contribution in [2.45, 2.75) is 68.7 Å². The van der Waals surface area contributed by atoms with E-state index in [2.05, 4.69) is 10.5 Å². The number of aromatic nitrogens is 1. The Labute approximate surface area is 168 Å². The van der Waals surface area contributed by atoms with Gasteiger partial charge in [-0.2, -0.15) is 13.2 Å². The Morgan fingerprint density at radius 2 is 1.93 bits per heavy atom. The number of alkyl halides is 3. The molecule has 0 bridgehead atoms. The number of rotatable bonds is 9. The minimum Gasteiger partial charge on any atom is -0.384 e. The van der Waals surface area contributed by atoms with Gasteiger partial charge in [0.25, 0.3) is 0 Å². The van der Waals surface area contributed by atoms with E-state index in [0.717, 1.165) is 39.5 Å². The van der Waals surface area contributed by atoms with E-state index in [-0.39, 0.29) is 11.3 Å². The number of carbonyl (C=O) groups is 1. The van der Waals surface area contributed by atoms with Crippen LogP contribution >= 0.6 is 0 Å². The average molecular weight is 440 g/mol. The molecule has 0 spiro atoms. The molecule has 29 heavy (non-hydrogen) atoms. The van der Waals surface area contributed by atoms with Gasteiger partial charge in [0.2, 0.25) is 11.8 Å². The summed E-state index contributed by atoms with van der Waals surface area (Å²) in [4.78, 5) is 12.6. The Hall–Kier alpha value is -1.62. The smallest absolute Gasteiger partial charge is 0.384 e. The molecule has 0 aromatic carbocycles. The fourth-order valence-corrected chi connectivity index (χ4v) is 4.88.